The fourth-order valence-electron chi connectivity index (χ4n) is 2.21. The van der Waals surface area contributed by atoms with Crippen LogP contribution in [0.3, 0.4) is 0 Å². The molecule has 0 bridgehead atoms. The average molecular weight is 327 g/mol. The molecule has 0 saturated carbocycles. The van der Waals surface area contributed by atoms with Crippen molar-refractivity contribution in [2.75, 3.05) is 12.9 Å². The molecule has 0 fully saturated rings. The van der Waals surface area contributed by atoms with Crippen LogP contribution in [0, 0.1) is 12.7 Å². The van der Waals surface area contributed by atoms with E-state index in [9.17, 15) is 14.3 Å². The number of carbonyl (C=O) groups excluding carboxylic acids is 1. The maximum absolute atomic E-state index is 13.3. The molecule has 0 aliphatic rings. The Labute approximate surface area is 131 Å². The van der Waals surface area contributed by atoms with Crippen LogP contribution in [0.1, 0.15) is 22.2 Å². The van der Waals surface area contributed by atoms with Gasteiger partial charge < -0.3 is 10.4 Å². The number of rotatable bonds is 5. The van der Waals surface area contributed by atoms with Gasteiger partial charge >= 0.3 is 0 Å². The molecule has 2 N–H and O–H groups in total. The minimum atomic E-state index is -0.300. The highest BCUT2D eigenvalue weighted by molar-refractivity contribution is 7.99. The van der Waals surface area contributed by atoms with Gasteiger partial charge in [0.25, 0.3) is 5.91 Å². The van der Waals surface area contributed by atoms with Crippen LogP contribution in [0.5, 0.6) is 0 Å². The highest BCUT2D eigenvalue weighted by Crippen LogP contribution is 2.31. The topological polar surface area (TPSA) is 49.3 Å². The number of amides is 1. The first-order valence-electron chi connectivity index (χ1n) is 6.61. The van der Waals surface area contributed by atoms with E-state index >= 15 is 0 Å². The monoisotopic (exact) mass is 327 g/mol. The summed E-state index contributed by atoms with van der Waals surface area (Å²) < 4.78 is 14.2. The normalized spacial score (nSPS) is 14.1. The summed E-state index contributed by atoms with van der Waals surface area (Å²) in [4.78, 5) is 13.0. The molecular weight excluding hydrogens is 309 g/mol. The van der Waals surface area contributed by atoms with E-state index in [0.717, 1.165) is 15.6 Å². The second-order valence-corrected chi connectivity index (χ2v) is 7.04. The SMILES string of the molecule is CSC(CO)C(C)NC(=O)c1sc2ccc(F)cc2c1C. The van der Waals surface area contributed by atoms with Gasteiger partial charge in [0.2, 0.25) is 0 Å². The lowest BCUT2D eigenvalue weighted by Crippen LogP contribution is -2.41. The minimum Gasteiger partial charge on any atom is -0.395 e. The van der Waals surface area contributed by atoms with Crippen molar-refractivity contribution in [1.29, 1.82) is 0 Å². The summed E-state index contributed by atoms with van der Waals surface area (Å²) in [5.74, 6) is -0.472. The van der Waals surface area contributed by atoms with E-state index in [1.807, 2.05) is 20.1 Å². The number of halogens is 1. The van der Waals surface area contributed by atoms with Gasteiger partial charge in [0, 0.05) is 16.0 Å². The van der Waals surface area contributed by atoms with E-state index in [1.54, 1.807) is 6.07 Å². The summed E-state index contributed by atoms with van der Waals surface area (Å²) in [5.41, 5.74) is 0.795. The van der Waals surface area contributed by atoms with Gasteiger partial charge in [-0.1, -0.05) is 0 Å². The van der Waals surface area contributed by atoms with E-state index < -0.39 is 0 Å². The molecule has 1 heterocycles. The van der Waals surface area contributed by atoms with E-state index in [2.05, 4.69) is 5.32 Å². The molecule has 0 radical (unpaired) electrons. The van der Waals surface area contributed by atoms with Crippen LogP contribution in [0.15, 0.2) is 18.2 Å². The van der Waals surface area contributed by atoms with Crippen molar-refractivity contribution in [2.24, 2.45) is 0 Å². The van der Waals surface area contributed by atoms with Crippen LogP contribution in [-0.2, 0) is 0 Å². The number of carbonyl (C=O) groups is 1. The third kappa shape index (κ3) is 3.39. The molecule has 1 aromatic heterocycles. The van der Waals surface area contributed by atoms with Gasteiger partial charge in [-0.15, -0.1) is 11.3 Å². The molecule has 2 atom stereocenters. The summed E-state index contributed by atoms with van der Waals surface area (Å²) in [7, 11) is 0. The van der Waals surface area contributed by atoms with Crippen molar-refractivity contribution >= 4 is 39.1 Å². The number of benzene rings is 1. The van der Waals surface area contributed by atoms with E-state index in [0.29, 0.717) is 4.88 Å². The molecule has 114 valence electrons. The molecule has 0 saturated heterocycles. The number of hydrogen-bond acceptors (Lipinski definition) is 4. The summed E-state index contributed by atoms with van der Waals surface area (Å²) in [5, 5.41) is 12.9. The van der Waals surface area contributed by atoms with Gasteiger partial charge in [0.1, 0.15) is 5.82 Å². The maximum atomic E-state index is 13.3. The Hall–Kier alpha value is -1.11. The van der Waals surface area contributed by atoms with Crippen LogP contribution < -0.4 is 5.32 Å². The Morgan fingerprint density at radius 2 is 2.24 bits per heavy atom. The van der Waals surface area contributed by atoms with Crippen molar-refractivity contribution in [1.82, 2.24) is 5.32 Å². The molecule has 1 aromatic carbocycles. The Bertz CT molecular complexity index is 652. The Balaban J connectivity index is 2.25. The summed E-state index contributed by atoms with van der Waals surface area (Å²) in [6, 6.07) is 4.41. The molecule has 21 heavy (non-hydrogen) atoms. The van der Waals surface area contributed by atoms with E-state index in [1.165, 1.54) is 35.2 Å². The predicted molar refractivity (Wildman–Crippen MR) is 87.8 cm³/mol. The zero-order chi connectivity index (χ0) is 15.6. The third-order valence-corrected chi connectivity index (χ3v) is 5.94. The lowest BCUT2D eigenvalue weighted by molar-refractivity contribution is 0.0939. The van der Waals surface area contributed by atoms with Crippen LogP contribution in [0.25, 0.3) is 10.1 Å². The maximum Gasteiger partial charge on any atom is 0.261 e. The van der Waals surface area contributed by atoms with Crippen molar-refractivity contribution in [3.63, 3.8) is 0 Å². The molecule has 0 aliphatic heterocycles. The predicted octanol–water partition coefficient (Wildman–Crippen LogP) is 3.19. The number of nitrogens with one attached hydrogen (secondary N) is 1. The number of thiophene rings is 1. The molecule has 0 spiro atoms. The van der Waals surface area contributed by atoms with Crippen molar-refractivity contribution in [3.8, 4) is 0 Å². The number of aliphatic hydroxyl groups excluding tert-OH is 1. The fourth-order valence-corrected chi connectivity index (χ4v) is 3.93. The molecule has 0 aliphatic carbocycles. The van der Waals surface area contributed by atoms with Gasteiger partial charge in [-0.25, -0.2) is 4.39 Å². The van der Waals surface area contributed by atoms with Crippen molar-refractivity contribution < 1.29 is 14.3 Å². The summed E-state index contributed by atoms with van der Waals surface area (Å²) >= 11 is 2.88. The van der Waals surface area contributed by atoms with Crippen LogP contribution in [0.4, 0.5) is 4.39 Å². The number of thioether (sulfide) groups is 1. The highest BCUT2D eigenvalue weighted by atomic mass is 32.2. The van der Waals surface area contributed by atoms with Gasteiger partial charge in [-0.05, 0) is 49.3 Å². The molecule has 6 heteroatoms. The largest absolute Gasteiger partial charge is 0.395 e. The Morgan fingerprint density at radius 1 is 1.52 bits per heavy atom. The van der Waals surface area contributed by atoms with E-state index in [-0.39, 0.29) is 29.6 Å². The van der Waals surface area contributed by atoms with Crippen LogP contribution >= 0.6 is 23.1 Å². The standard InChI is InChI=1S/C15H18FNO2S2/c1-8-11-6-10(16)4-5-12(11)21-14(8)15(19)17-9(2)13(7-18)20-3/h4-6,9,13,18H,7H2,1-3H3,(H,17,19). The molecule has 1 amide bonds. The second kappa shape index (κ2) is 6.77. The Morgan fingerprint density at radius 3 is 2.86 bits per heavy atom. The molecule has 3 nitrogen and oxygen atoms in total. The first-order chi connectivity index (χ1) is 9.97. The number of fused-ring (bicyclic) bond motifs is 1. The van der Waals surface area contributed by atoms with Gasteiger partial charge in [-0.2, -0.15) is 11.8 Å². The highest BCUT2D eigenvalue weighted by Gasteiger charge is 2.21. The van der Waals surface area contributed by atoms with Crippen molar-refractivity contribution in [2.45, 2.75) is 25.1 Å². The van der Waals surface area contributed by atoms with Gasteiger partial charge in [-0.3, -0.25) is 4.79 Å². The summed E-state index contributed by atoms with van der Waals surface area (Å²) in [6.45, 7) is 3.72. The van der Waals surface area contributed by atoms with Gasteiger partial charge in [0.05, 0.1) is 11.5 Å². The number of hydrogen-bond donors (Lipinski definition) is 2. The smallest absolute Gasteiger partial charge is 0.261 e. The first kappa shape index (κ1) is 16.3. The second-order valence-electron chi connectivity index (χ2n) is 4.92. The molecular formula is C15H18FNO2S2. The Kier molecular flexibility index (Phi) is 5.24. The molecule has 2 unspecified atom stereocenters. The third-order valence-electron chi connectivity index (χ3n) is 3.50. The number of aryl methyl sites for hydroxylation is 1. The first-order valence-corrected chi connectivity index (χ1v) is 8.71. The quantitative estimate of drug-likeness (QED) is 0.887. The van der Waals surface area contributed by atoms with Crippen LogP contribution in [-0.4, -0.2) is 35.2 Å². The van der Waals surface area contributed by atoms with Crippen molar-refractivity contribution in [3.05, 3.63) is 34.5 Å². The molecule has 2 aromatic rings. The lowest BCUT2D eigenvalue weighted by atomic mass is 10.1. The zero-order valence-electron chi connectivity index (χ0n) is 12.1. The zero-order valence-corrected chi connectivity index (χ0v) is 13.8. The lowest BCUT2D eigenvalue weighted by Gasteiger charge is -2.21. The van der Waals surface area contributed by atoms with Crippen LogP contribution in [0.2, 0.25) is 0 Å². The summed E-state index contributed by atoms with van der Waals surface area (Å²) in [6.07, 6.45) is 1.90. The molecule has 2 rings (SSSR count). The average Bonchev–Trinajstić information content (AvgIpc) is 2.77. The van der Waals surface area contributed by atoms with E-state index in [4.69, 9.17) is 0 Å². The minimum absolute atomic E-state index is 0.0131. The van der Waals surface area contributed by atoms with Gasteiger partial charge in [0.15, 0.2) is 0 Å². The number of aliphatic hydroxyl groups is 1. The fraction of sp³-hybridized carbons (Fsp3) is 0.400.